The van der Waals surface area contributed by atoms with Gasteiger partial charge in [-0.3, -0.25) is 0 Å². The molecular weight excluding hydrogens is 374 g/mol. The monoisotopic (exact) mass is 391 g/mol. The number of hydrogen-bond donors (Lipinski definition) is 1. The molecule has 0 aliphatic carbocycles. The van der Waals surface area contributed by atoms with Gasteiger partial charge in [-0.25, -0.2) is 9.78 Å². The lowest BCUT2D eigenvalue weighted by atomic mass is 9.87. The first-order chi connectivity index (χ1) is 11.3. The van der Waals surface area contributed by atoms with E-state index in [4.69, 9.17) is 14.4 Å². The molecule has 0 aliphatic heterocycles. The molecule has 126 valence electrons. The second kappa shape index (κ2) is 7.49. The molecule has 1 amide bonds. The largest absolute Gasteiger partial charge is 0.445 e. The maximum atomic E-state index is 12.1. The average molecular weight is 392 g/mol. The molecule has 0 bridgehead atoms. The molecule has 0 saturated heterocycles. The molecule has 7 heteroatoms. The Morgan fingerprint density at radius 1 is 1.42 bits per heavy atom. The lowest BCUT2D eigenvalue weighted by Gasteiger charge is -2.28. The Morgan fingerprint density at radius 2 is 2.08 bits per heavy atom. The van der Waals surface area contributed by atoms with Crippen molar-refractivity contribution in [1.82, 2.24) is 10.3 Å². The number of aromatic nitrogens is 1. The van der Waals surface area contributed by atoms with Crippen molar-refractivity contribution in [2.24, 2.45) is 5.41 Å². The van der Waals surface area contributed by atoms with Crippen LogP contribution in [0.3, 0.4) is 0 Å². The number of carbonyl (C=O) groups is 1. The van der Waals surface area contributed by atoms with E-state index < -0.39 is 12.1 Å². The zero-order valence-electron chi connectivity index (χ0n) is 13.7. The summed E-state index contributed by atoms with van der Waals surface area (Å²) in [7, 11) is 0. The number of nitriles is 1. The summed E-state index contributed by atoms with van der Waals surface area (Å²) >= 11 is 3.17. The van der Waals surface area contributed by atoms with Crippen LogP contribution in [0.25, 0.3) is 0 Å². The predicted octanol–water partition coefficient (Wildman–Crippen LogP) is 4.32. The maximum absolute atomic E-state index is 12.1. The molecule has 6 nitrogen and oxygen atoms in total. The first-order valence-corrected chi connectivity index (χ1v) is 8.14. The highest BCUT2D eigenvalue weighted by Crippen LogP contribution is 2.34. The Labute approximate surface area is 149 Å². The zero-order valence-corrected chi connectivity index (χ0v) is 15.3. The summed E-state index contributed by atoms with van der Waals surface area (Å²) in [6.45, 7) is 5.96. The number of ether oxygens (including phenoxy) is 1. The molecule has 1 aromatic heterocycles. The number of carbonyl (C=O) groups excluding carboxylic acids is 1. The van der Waals surface area contributed by atoms with Gasteiger partial charge in [-0.15, -0.1) is 0 Å². The van der Waals surface area contributed by atoms with E-state index in [0.717, 1.165) is 5.56 Å². The van der Waals surface area contributed by atoms with Gasteiger partial charge in [0.25, 0.3) is 0 Å². The molecule has 1 atom stereocenters. The van der Waals surface area contributed by atoms with Crippen molar-refractivity contribution in [3.05, 3.63) is 52.1 Å². The maximum Gasteiger partial charge on any atom is 0.408 e. The van der Waals surface area contributed by atoms with Crippen molar-refractivity contribution in [3.63, 3.8) is 0 Å². The first-order valence-electron chi connectivity index (χ1n) is 7.35. The molecule has 2 rings (SSSR count). The average Bonchev–Trinajstić information content (AvgIpc) is 2.91. The van der Waals surface area contributed by atoms with Crippen molar-refractivity contribution >= 4 is 22.0 Å². The van der Waals surface area contributed by atoms with Crippen molar-refractivity contribution in [2.75, 3.05) is 0 Å². The van der Waals surface area contributed by atoms with Gasteiger partial charge >= 0.3 is 6.09 Å². The van der Waals surface area contributed by atoms with Gasteiger partial charge in [-0.1, -0.05) is 51.1 Å². The number of nitrogens with one attached hydrogen (secondary N) is 1. The quantitative estimate of drug-likeness (QED) is 0.837. The molecule has 1 heterocycles. The number of alkyl carbamates (subject to hydrolysis) is 1. The highest BCUT2D eigenvalue weighted by Gasteiger charge is 2.33. The molecule has 1 aromatic carbocycles. The topological polar surface area (TPSA) is 88.1 Å². The standard InChI is InChI=1S/C17H18BrN3O3/c1-17(2,3)13(15-21-14(18)12(9-19)24-15)20-16(22)23-10-11-7-5-4-6-8-11/h4-8,13H,10H2,1-3H3,(H,20,22)/t13-/m1/s1. The molecule has 1 N–H and O–H groups in total. The minimum Gasteiger partial charge on any atom is -0.445 e. The van der Waals surface area contributed by atoms with Crippen LogP contribution >= 0.6 is 15.9 Å². The van der Waals surface area contributed by atoms with Crippen LogP contribution in [0, 0.1) is 16.7 Å². The minimum absolute atomic E-state index is 0.0682. The van der Waals surface area contributed by atoms with Gasteiger partial charge in [0.1, 0.15) is 18.7 Å². The predicted molar refractivity (Wildman–Crippen MR) is 90.9 cm³/mol. The molecule has 0 aliphatic rings. The van der Waals surface area contributed by atoms with Gasteiger partial charge in [0, 0.05) is 0 Å². The summed E-state index contributed by atoms with van der Waals surface area (Å²) in [6.07, 6.45) is -0.577. The van der Waals surface area contributed by atoms with E-state index in [1.807, 2.05) is 57.2 Å². The third-order valence-electron chi connectivity index (χ3n) is 3.29. The van der Waals surface area contributed by atoms with Gasteiger partial charge in [-0.05, 0) is 26.9 Å². The van der Waals surface area contributed by atoms with Gasteiger partial charge in [-0.2, -0.15) is 5.26 Å². The summed E-state index contributed by atoms with van der Waals surface area (Å²) in [4.78, 5) is 16.3. The van der Waals surface area contributed by atoms with Crippen LogP contribution in [0.15, 0.2) is 39.4 Å². The van der Waals surface area contributed by atoms with Gasteiger partial charge in [0.15, 0.2) is 4.60 Å². The van der Waals surface area contributed by atoms with Crippen LogP contribution in [-0.4, -0.2) is 11.1 Å². The lowest BCUT2D eigenvalue weighted by Crippen LogP contribution is -2.37. The Hall–Kier alpha value is -2.33. The van der Waals surface area contributed by atoms with Crippen LogP contribution in [0.1, 0.15) is 44.0 Å². The van der Waals surface area contributed by atoms with Crippen LogP contribution in [0.4, 0.5) is 4.79 Å². The van der Waals surface area contributed by atoms with E-state index in [9.17, 15) is 4.79 Å². The molecule has 0 fully saturated rings. The second-order valence-electron chi connectivity index (χ2n) is 6.29. The van der Waals surface area contributed by atoms with Crippen molar-refractivity contribution in [3.8, 4) is 6.07 Å². The number of nitrogens with zero attached hydrogens (tertiary/aromatic N) is 2. The SMILES string of the molecule is CC(C)(C)[C@H](NC(=O)OCc1ccccc1)c1nc(Br)c(C#N)o1. The Morgan fingerprint density at radius 3 is 2.62 bits per heavy atom. The third kappa shape index (κ3) is 4.59. The first kappa shape index (κ1) is 18.0. The zero-order chi connectivity index (χ0) is 17.7. The number of oxazole rings is 1. The fourth-order valence-corrected chi connectivity index (χ4v) is 2.39. The molecular formula is C17H18BrN3O3. The normalized spacial score (nSPS) is 12.3. The summed E-state index contributed by atoms with van der Waals surface area (Å²) in [5.74, 6) is 0.321. The van der Waals surface area contributed by atoms with Crippen molar-refractivity contribution in [1.29, 1.82) is 5.26 Å². The summed E-state index contributed by atoms with van der Waals surface area (Å²) < 4.78 is 11.0. The van der Waals surface area contributed by atoms with E-state index in [1.165, 1.54) is 0 Å². The number of benzene rings is 1. The summed E-state index contributed by atoms with van der Waals surface area (Å²) in [5.41, 5.74) is 0.508. The van der Waals surface area contributed by atoms with E-state index in [2.05, 4.69) is 26.2 Å². The second-order valence-corrected chi connectivity index (χ2v) is 7.04. The number of hydrogen-bond acceptors (Lipinski definition) is 5. The van der Waals surface area contributed by atoms with Gasteiger partial charge in [0.2, 0.25) is 11.7 Å². The van der Waals surface area contributed by atoms with Crippen LogP contribution in [0.2, 0.25) is 0 Å². The third-order valence-corrected chi connectivity index (χ3v) is 3.83. The van der Waals surface area contributed by atoms with Crippen LogP contribution in [-0.2, 0) is 11.3 Å². The highest BCUT2D eigenvalue weighted by molar-refractivity contribution is 9.10. The summed E-state index contributed by atoms with van der Waals surface area (Å²) in [5, 5.41) is 11.7. The van der Waals surface area contributed by atoms with E-state index in [-0.39, 0.29) is 23.7 Å². The van der Waals surface area contributed by atoms with Crippen LogP contribution < -0.4 is 5.32 Å². The van der Waals surface area contributed by atoms with E-state index in [1.54, 1.807) is 0 Å². The highest BCUT2D eigenvalue weighted by atomic mass is 79.9. The Kier molecular flexibility index (Phi) is 5.62. The molecule has 24 heavy (non-hydrogen) atoms. The van der Waals surface area contributed by atoms with E-state index >= 15 is 0 Å². The van der Waals surface area contributed by atoms with Crippen LogP contribution in [0.5, 0.6) is 0 Å². The lowest BCUT2D eigenvalue weighted by molar-refractivity contribution is 0.121. The summed E-state index contributed by atoms with van der Waals surface area (Å²) in [6, 6.07) is 10.8. The molecule has 0 saturated carbocycles. The fraction of sp³-hybridized carbons (Fsp3) is 0.353. The molecule has 0 spiro atoms. The Bertz CT molecular complexity index is 745. The fourth-order valence-electron chi connectivity index (χ4n) is 2.04. The minimum atomic E-state index is -0.577. The molecule has 0 unspecified atom stereocenters. The number of halogens is 1. The van der Waals surface area contributed by atoms with Gasteiger partial charge < -0.3 is 14.5 Å². The Balaban J connectivity index is 2.09. The van der Waals surface area contributed by atoms with Crippen molar-refractivity contribution in [2.45, 2.75) is 33.4 Å². The molecule has 2 aromatic rings. The van der Waals surface area contributed by atoms with Crippen molar-refractivity contribution < 1.29 is 13.9 Å². The smallest absolute Gasteiger partial charge is 0.408 e. The van der Waals surface area contributed by atoms with Gasteiger partial charge in [0.05, 0.1) is 0 Å². The molecule has 0 radical (unpaired) electrons. The van der Waals surface area contributed by atoms with E-state index in [0.29, 0.717) is 4.60 Å². The number of amides is 1. The number of rotatable bonds is 4.